The largest absolute Gasteiger partial charge is 0.264 e. The fourth-order valence-electron chi connectivity index (χ4n) is 1.18. The number of hydrogen-bond acceptors (Lipinski definition) is 5. The summed E-state index contributed by atoms with van der Waals surface area (Å²) in [5, 5.41) is 6.98. The van der Waals surface area contributed by atoms with Crippen LogP contribution in [0.2, 0.25) is 0 Å². The topological polar surface area (TPSA) is 51.6 Å². The fourth-order valence-corrected chi connectivity index (χ4v) is 1.46. The van der Waals surface area contributed by atoms with Gasteiger partial charge in [-0.1, -0.05) is 6.07 Å². The monoisotopic (exact) mass is 242 g/mol. The van der Waals surface area contributed by atoms with Crippen LogP contribution >= 0.6 is 11.3 Å². The Morgan fingerprint density at radius 2 is 1.76 bits per heavy atom. The predicted octanol–water partition coefficient (Wildman–Crippen LogP) is 2.68. The number of hydrogen-bond donors (Lipinski definition) is 0. The Balaban J connectivity index is 0.000000181. The van der Waals surface area contributed by atoms with Crippen LogP contribution in [-0.4, -0.2) is 20.2 Å². The van der Waals surface area contributed by atoms with E-state index in [1.807, 2.05) is 36.5 Å². The minimum Gasteiger partial charge on any atom is -0.264 e. The van der Waals surface area contributed by atoms with Crippen molar-refractivity contribution >= 4 is 11.3 Å². The van der Waals surface area contributed by atoms with E-state index in [0.717, 1.165) is 11.3 Å². The molecule has 3 aromatic heterocycles. The summed E-state index contributed by atoms with van der Waals surface area (Å²) >= 11 is 1.49. The quantitative estimate of drug-likeness (QED) is 0.658. The molecule has 3 heterocycles. The van der Waals surface area contributed by atoms with Crippen molar-refractivity contribution in [1.82, 2.24) is 20.2 Å². The van der Waals surface area contributed by atoms with Gasteiger partial charge in [-0.25, -0.2) is 0 Å². The average molecular weight is 242 g/mol. The summed E-state index contributed by atoms with van der Waals surface area (Å²) in [6.45, 7) is 0. The van der Waals surface area contributed by atoms with Crippen LogP contribution in [0.5, 0.6) is 0 Å². The van der Waals surface area contributed by atoms with Gasteiger partial charge in [-0.3, -0.25) is 9.97 Å². The standard InChI is InChI=1S/C10H8N2.C2H2N2S/c1-2-7-12-10(5-1)9-4-3-6-11-8-9;1-3-4-2-5-1/h1-8H;1-2H. The smallest absolute Gasteiger partial charge is 0.103 e. The Labute approximate surface area is 103 Å². The maximum Gasteiger partial charge on any atom is 0.103 e. The molecule has 5 heteroatoms. The molecule has 17 heavy (non-hydrogen) atoms. The normalized spacial score (nSPS) is 9.18. The lowest BCUT2D eigenvalue weighted by atomic mass is 10.2. The second kappa shape index (κ2) is 6.44. The van der Waals surface area contributed by atoms with E-state index in [-0.39, 0.29) is 0 Å². The molecule has 4 nitrogen and oxygen atoms in total. The van der Waals surface area contributed by atoms with Gasteiger partial charge in [0.15, 0.2) is 0 Å². The molecule has 0 fully saturated rings. The summed E-state index contributed by atoms with van der Waals surface area (Å²) < 4.78 is 0. The van der Waals surface area contributed by atoms with Gasteiger partial charge in [0.25, 0.3) is 0 Å². The zero-order chi connectivity index (χ0) is 11.8. The first-order valence-corrected chi connectivity index (χ1v) is 5.91. The van der Waals surface area contributed by atoms with Crippen molar-refractivity contribution in [2.24, 2.45) is 0 Å². The minimum atomic E-state index is 0.964. The maximum atomic E-state index is 4.21. The van der Waals surface area contributed by atoms with Crippen LogP contribution < -0.4 is 0 Å². The molecule has 0 atom stereocenters. The summed E-state index contributed by atoms with van der Waals surface area (Å²) in [6, 6.07) is 9.74. The van der Waals surface area contributed by atoms with Crippen LogP contribution in [0, 0.1) is 0 Å². The van der Waals surface area contributed by atoms with Gasteiger partial charge in [-0.15, -0.1) is 21.5 Å². The van der Waals surface area contributed by atoms with Crippen molar-refractivity contribution < 1.29 is 0 Å². The van der Waals surface area contributed by atoms with Gasteiger partial charge in [0.2, 0.25) is 0 Å². The Morgan fingerprint density at radius 3 is 2.29 bits per heavy atom. The van der Waals surface area contributed by atoms with E-state index in [9.17, 15) is 0 Å². The van der Waals surface area contributed by atoms with Crippen LogP contribution in [0.3, 0.4) is 0 Å². The van der Waals surface area contributed by atoms with E-state index in [1.165, 1.54) is 11.3 Å². The van der Waals surface area contributed by atoms with Crippen LogP contribution in [0.15, 0.2) is 59.9 Å². The highest BCUT2D eigenvalue weighted by Gasteiger charge is 1.94. The minimum absolute atomic E-state index is 0.964. The Hall–Kier alpha value is -2.14. The van der Waals surface area contributed by atoms with Gasteiger partial charge in [0.1, 0.15) is 11.0 Å². The van der Waals surface area contributed by atoms with Crippen molar-refractivity contribution in [1.29, 1.82) is 0 Å². The van der Waals surface area contributed by atoms with Crippen molar-refractivity contribution in [3.05, 3.63) is 59.9 Å². The summed E-state index contributed by atoms with van der Waals surface area (Å²) in [4.78, 5) is 8.23. The summed E-state index contributed by atoms with van der Waals surface area (Å²) in [5.41, 5.74) is 5.38. The lowest BCUT2D eigenvalue weighted by molar-refractivity contribution is 1.09. The van der Waals surface area contributed by atoms with Gasteiger partial charge in [-0.05, 0) is 24.3 Å². The van der Waals surface area contributed by atoms with Crippen LogP contribution in [0.25, 0.3) is 11.3 Å². The molecule has 0 unspecified atom stereocenters. The third-order valence-corrected chi connectivity index (χ3v) is 2.34. The first-order valence-electron chi connectivity index (χ1n) is 4.97. The van der Waals surface area contributed by atoms with Crippen molar-refractivity contribution in [3.8, 4) is 11.3 Å². The molecule has 0 bridgehead atoms. The molecule has 0 radical (unpaired) electrons. The molecule has 0 saturated carbocycles. The molecule has 3 rings (SSSR count). The van der Waals surface area contributed by atoms with E-state index >= 15 is 0 Å². The van der Waals surface area contributed by atoms with Crippen molar-refractivity contribution in [2.45, 2.75) is 0 Å². The fraction of sp³-hybridized carbons (Fsp3) is 0. The summed E-state index contributed by atoms with van der Waals surface area (Å²) in [5.74, 6) is 0. The van der Waals surface area contributed by atoms with E-state index < -0.39 is 0 Å². The molecule has 0 aliphatic carbocycles. The second-order valence-electron chi connectivity index (χ2n) is 3.03. The molecule has 0 N–H and O–H groups in total. The molecule has 0 aliphatic heterocycles. The van der Waals surface area contributed by atoms with Crippen LogP contribution in [-0.2, 0) is 0 Å². The summed E-state index contributed by atoms with van der Waals surface area (Å²) in [6.07, 6.45) is 5.34. The SMILES string of the molecule is c1ccc(-c2cccnc2)nc1.c1nncs1. The highest BCUT2D eigenvalue weighted by Crippen LogP contribution is 2.12. The lowest BCUT2D eigenvalue weighted by Crippen LogP contribution is -1.81. The highest BCUT2D eigenvalue weighted by atomic mass is 32.1. The molecule has 0 saturated heterocycles. The number of aromatic nitrogens is 4. The van der Waals surface area contributed by atoms with Crippen molar-refractivity contribution in [3.63, 3.8) is 0 Å². The summed E-state index contributed by atoms with van der Waals surface area (Å²) in [7, 11) is 0. The van der Waals surface area contributed by atoms with Crippen LogP contribution in [0.4, 0.5) is 0 Å². The lowest BCUT2D eigenvalue weighted by Gasteiger charge is -1.96. The van der Waals surface area contributed by atoms with Crippen molar-refractivity contribution in [2.75, 3.05) is 0 Å². The van der Waals surface area contributed by atoms with E-state index in [4.69, 9.17) is 0 Å². The second-order valence-corrected chi connectivity index (χ2v) is 3.73. The highest BCUT2D eigenvalue weighted by molar-refractivity contribution is 7.07. The van der Waals surface area contributed by atoms with Gasteiger partial charge >= 0.3 is 0 Å². The molecule has 84 valence electrons. The number of rotatable bonds is 1. The van der Waals surface area contributed by atoms with Gasteiger partial charge < -0.3 is 0 Å². The van der Waals surface area contributed by atoms with E-state index in [0.29, 0.717) is 0 Å². The zero-order valence-corrected chi connectivity index (χ0v) is 9.79. The molecule has 0 aromatic carbocycles. The number of nitrogens with zero attached hydrogens (tertiary/aromatic N) is 4. The van der Waals surface area contributed by atoms with Crippen LogP contribution in [0.1, 0.15) is 0 Å². The van der Waals surface area contributed by atoms with Gasteiger partial charge in [0.05, 0.1) is 5.69 Å². The molecule has 0 spiro atoms. The Bertz CT molecular complexity index is 456. The maximum absolute atomic E-state index is 4.21. The van der Waals surface area contributed by atoms with E-state index in [2.05, 4.69) is 20.2 Å². The van der Waals surface area contributed by atoms with E-state index in [1.54, 1.807) is 23.4 Å². The molecule has 0 aliphatic rings. The molecular weight excluding hydrogens is 232 g/mol. The predicted molar refractivity (Wildman–Crippen MR) is 67.4 cm³/mol. The number of pyridine rings is 2. The first-order chi connectivity index (χ1) is 8.47. The molecule has 0 amide bonds. The molecule has 3 aromatic rings. The third-order valence-electron chi connectivity index (χ3n) is 1.90. The molecular formula is C12H10N4S. The first kappa shape index (κ1) is 11.3. The Kier molecular flexibility index (Phi) is 4.30. The van der Waals surface area contributed by atoms with Gasteiger partial charge in [0, 0.05) is 24.2 Å². The average Bonchev–Trinajstić information content (AvgIpc) is 3.00. The Morgan fingerprint density at radius 1 is 0.882 bits per heavy atom. The third kappa shape index (κ3) is 3.73. The van der Waals surface area contributed by atoms with Gasteiger partial charge in [-0.2, -0.15) is 0 Å². The zero-order valence-electron chi connectivity index (χ0n) is 8.97.